The van der Waals surface area contributed by atoms with Crippen molar-refractivity contribution in [3.63, 3.8) is 0 Å². The van der Waals surface area contributed by atoms with Crippen molar-refractivity contribution in [1.82, 2.24) is 9.55 Å². The van der Waals surface area contributed by atoms with Crippen LogP contribution in [0.3, 0.4) is 0 Å². The Morgan fingerprint density at radius 3 is 2.58 bits per heavy atom. The molecule has 5 nitrogen and oxygen atoms in total. The van der Waals surface area contributed by atoms with Crippen molar-refractivity contribution in [3.05, 3.63) is 52.6 Å². The van der Waals surface area contributed by atoms with Crippen LogP contribution in [-0.2, 0) is 10.8 Å². The summed E-state index contributed by atoms with van der Waals surface area (Å²) in [7, 11) is -1.73. The lowest BCUT2D eigenvalue weighted by Gasteiger charge is -2.36. The highest BCUT2D eigenvalue weighted by Crippen LogP contribution is 2.36. The summed E-state index contributed by atoms with van der Waals surface area (Å²) in [5.74, 6) is 0.232. The van der Waals surface area contributed by atoms with E-state index in [0.717, 1.165) is 17.7 Å². The van der Waals surface area contributed by atoms with Gasteiger partial charge >= 0.3 is 5.69 Å². The van der Waals surface area contributed by atoms with E-state index in [0.29, 0.717) is 6.61 Å². The molecule has 1 aromatic heterocycles. The number of hydrogen-bond donors (Lipinski definition) is 1. The van der Waals surface area contributed by atoms with Gasteiger partial charge in [0.25, 0.3) is 0 Å². The summed E-state index contributed by atoms with van der Waals surface area (Å²) in [5.41, 5.74) is 7.09. The van der Waals surface area contributed by atoms with E-state index in [-0.39, 0.29) is 16.5 Å². The Morgan fingerprint density at radius 1 is 1.25 bits per heavy atom. The number of benzene rings is 1. The molecule has 0 saturated carbocycles. The lowest BCUT2D eigenvalue weighted by Crippen LogP contribution is -2.41. The van der Waals surface area contributed by atoms with E-state index in [1.807, 2.05) is 24.3 Å². The predicted molar refractivity (Wildman–Crippen MR) is 101 cm³/mol. The maximum atomic E-state index is 12.0. The van der Waals surface area contributed by atoms with Crippen molar-refractivity contribution in [1.29, 1.82) is 0 Å². The van der Waals surface area contributed by atoms with Gasteiger partial charge in [-0.1, -0.05) is 32.9 Å². The van der Waals surface area contributed by atoms with Gasteiger partial charge in [-0.25, -0.2) is 4.79 Å². The number of anilines is 1. The molecule has 2 aromatic rings. The summed E-state index contributed by atoms with van der Waals surface area (Å²) in [6.45, 7) is 11.9. The van der Waals surface area contributed by atoms with Crippen LogP contribution in [-0.4, -0.2) is 24.5 Å². The van der Waals surface area contributed by atoms with Crippen LogP contribution in [0.2, 0.25) is 18.1 Å². The van der Waals surface area contributed by atoms with Gasteiger partial charge in [0.2, 0.25) is 0 Å². The van der Waals surface area contributed by atoms with Crippen LogP contribution < -0.4 is 11.4 Å². The van der Waals surface area contributed by atoms with E-state index in [9.17, 15) is 4.79 Å². The molecular formula is C18H27N3O2Si. The molecule has 0 aliphatic carbocycles. The fourth-order valence-electron chi connectivity index (χ4n) is 2.12. The van der Waals surface area contributed by atoms with E-state index >= 15 is 0 Å². The summed E-state index contributed by atoms with van der Waals surface area (Å²) < 4.78 is 7.72. The minimum Gasteiger partial charge on any atom is -0.416 e. The van der Waals surface area contributed by atoms with Crippen LogP contribution in [0.5, 0.6) is 0 Å². The highest BCUT2D eigenvalue weighted by molar-refractivity contribution is 6.74. The number of hydrogen-bond acceptors (Lipinski definition) is 4. The molecule has 2 N–H and O–H groups in total. The normalized spacial score (nSPS) is 12.4. The van der Waals surface area contributed by atoms with Crippen LogP contribution in [0.1, 0.15) is 26.3 Å². The molecule has 0 saturated heterocycles. The quantitative estimate of drug-likeness (QED) is 0.843. The van der Waals surface area contributed by atoms with Crippen LogP contribution in [0.4, 0.5) is 5.82 Å². The molecule has 2 rings (SSSR count). The van der Waals surface area contributed by atoms with Crippen molar-refractivity contribution in [2.45, 2.75) is 45.3 Å². The highest BCUT2D eigenvalue weighted by atomic mass is 28.4. The van der Waals surface area contributed by atoms with E-state index < -0.39 is 8.32 Å². The molecule has 0 atom stereocenters. The first-order valence-corrected chi connectivity index (χ1v) is 11.1. The van der Waals surface area contributed by atoms with E-state index in [1.165, 1.54) is 4.57 Å². The molecule has 1 heterocycles. The molecule has 0 amide bonds. The van der Waals surface area contributed by atoms with Crippen LogP contribution in [0.15, 0.2) is 41.3 Å². The number of nitrogens with zero attached hydrogens (tertiary/aromatic N) is 2. The third-order valence-corrected chi connectivity index (χ3v) is 9.21. The topological polar surface area (TPSA) is 70.1 Å². The third kappa shape index (κ3) is 4.33. The molecule has 0 aliphatic heterocycles. The molecular weight excluding hydrogens is 318 g/mol. The Labute approximate surface area is 144 Å². The zero-order valence-electron chi connectivity index (χ0n) is 15.2. The molecule has 0 spiro atoms. The van der Waals surface area contributed by atoms with Crippen LogP contribution in [0, 0.1) is 0 Å². The summed E-state index contributed by atoms with van der Waals surface area (Å²) in [6, 6.07) is 9.49. The summed E-state index contributed by atoms with van der Waals surface area (Å²) >= 11 is 0. The smallest absolute Gasteiger partial charge is 0.354 e. The van der Waals surface area contributed by atoms with E-state index in [1.54, 1.807) is 12.3 Å². The van der Waals surface area contributed by atoms with Gasteiger partial charge in [0.15, 0.2) is 8.32 Å². The molecule has 0 aliphatic rings. The Hall–Kier alpha value is -1.92. The van der Waals surface area contributed by atoms with Gasteiger partial charge in [-0.3, -0.25) is 4.57 Å². The van der Waals surface area contributed by atoms with Crippen molar-refractivity contribution >= 4 is 14.1 Å². The highest BCUT2D eigenvalue weighted by Gasteiger charge is 2.36. The molecule has 130 valence electrons. The van der Waals surface area contributed by atoms with Gasteiger partial charge in [0, 0.05) is 12.8 Å². The number of rotatable bonds is 5. The number of nitrogens with two attached hydrogens (primary N) is 1. The van der Waals surface area contributed by atoms with Gasteiger partial charge in [0.05, 0.1) is 5.69 Å². The molecule has 24 heavy (non-hydrogen) atoms. The number of nitrogen functional groups attached to an aromatic ring is 1. The van der Waals surface area contributed by atoms with Gasteiger partial charge in [-0.05, 0) is 48.3 Å². The van der Waals surface area contributed by atoms with Crippen LogP contribution in [0.25, 0.3) is 5.69 Å². The Morgan fingerprint density at radius 2 is 1.96 bits per heavy atom. The summed E-state index contributed by atoms with van der Waals surface area (Å²) in [6.07, 6.45) is 2.47. The van der Waals surface area contributed by atoms with E-state index in [4.69, 9.17) is 10.2 Å². The molecule has 0 radical (unpaired) electrons. The molecule has 6 heteroatoms. The van der Waals surface area contributed by atoms with Crippen molar-refractivity contribution in [3.8, 4) is 5.69 Å². The first-order valence-electron chi connectivity index (χ1n) is 8.19. The van der Waals surface area contributed by atoms with Crippen molar-refractivity contribution in [2.24, 2.45) is 0 Å². The average Bonchev–Trinajstić information content (AvgIpc) is 2.46. The van der Waals surface area contributed by atoms with Crippen LogP contribution >= 0.6 is 0 Å². The summed E-state index contributed by atoms with van der Waals surface area (Å²) in [5, 5.41) is 0.206. The van der Waals surface area contributed by atoms with Gasteiger partial charge in [-0.15, -0.1) is 0 Å². The maximum absolute atomic E-state index is 12.0. The average molecular weight is 346 g/mol. The maximum Gasteiger partial charge on any atom is 0.354 e. The predicted octanol–water partition coefficient (Wildman–Crippen LogP) is 3.38. The Balaban J connectivity index is 2.10. The van der Waals surface area contributed by atoms with E-state index in [2.05, 4.69) is 38.8 Å². The van der Waals surface area contributed by atoms with Gasteiger partial charge in [-0.2, -0.15) is 4.98 Å². The first-order chi connectivity index (χ1) is 11.1. The lowest BCUT2D eigenvalue weighted by atomic mass is 10.1. The monoisotopic (exact) mass is 345 g/mol. The fraction of sp³-hybridized carbons (Fsp3) is 0.444. The Kier molecular flexibility index (Phi) is 5.30. The van der Waals surface area contributed by atoms with Crippen molar-refractivity contribution < 1.29 is 4.43 Å². The molecule has 0 fully saturated rings. The minimum absolute atomic E-state index is 0.206. The number of aromatic nitrogens is 2. The zero-order chi connectivity index (χ0) is 18.0. The SMILES string of the molecule is CC(C)(C)[Si](C)(C)OCCc1cccc(-n2ccc(N)nc2=O)c1. The standard InChI is InChI=1S/C18H27N3O2Si/c1-18(2,3)24(4,5)23-12-10-14-7-6-8-15(13-14)21-11-9-16(19)20-17(21)22/h6-9,11,13H,10,12H2,1-5H3,(H2,19,20,22). The Bertz CT molecular complexity index is 763. The van der Waals surface area contributed by atoms with Gasteiger partial charge in [0.1, 0.15) is 5.82 Å². The fourth-order valence-corrected chi connectivity index (χ4v) is 3.16. The molecule has 1 aromatic carbocycles. The first kappa shape index (κ1) is 18.4. The molecule has 0 unspecified atom stereocenters. The minimum atomic E-state index is -1.73. The second-order valence-electron chi connectivity index (χ2n) is 7.53. The zero-order valence-corrected chi connectivity index (χ0v) is 16.2. The largest absolute Gasteiger partial charge is 0.416 e. The second-order valence-corrected chi connectivity index (χ2v) is 12.3. The van der Waals surface area contributed by atoms with Crippen molar-refractivity contribution in [2.75, 3.05) is 12.3 Å². The lowest BCUT2D eigenvalue weighted by molar-refractivity contribution is 0.292. The summed E-state index contributed by atoms with van der Waals surface area (Å²) in [4.78, 5) is 15.7. The third-order valence-electron chi connectivity index (χ3n) is 4.67. The second kappa shape index (κ2) is 6.90. The molecule has 0 bridgehead atoms. The van der Waals surface area contributed by atoms with Gasteiger partial charge < -0.3 is 10.2 Å².